The van der Waals surface area contributed by atoms with Crippen LogP contribution in [0.2, 0.25) is 0 Å². The summed E-state index contributed by atoms with van der Waals surface area (Å²) in [7, 11) is 0. The van der Waals surface area contributed by atoms with Gasteiger partial charge in [0.1, 0.15) is 5.60 Å². The van der Waals surface area contributed by atoms with Gasteiger partial charge in [-0.1, -0.05) is 25.9 Å². The van der Waals surface area contributed by atoms with Gasteiger partial charge in [-0.3, -0.25) is 0 Å². The summed E-state index contributed by atoms with van der Waals surface area (Å²) in [6.45, 7) is 8.60. The molecule has 104 valence electrons. The second-order valence-electron chi connectivity index (χ2n) is 4.41. The summed E-state index contributed by atoms with van der Waals surface area (Å²) < 4.78 is 11.0. The zero-order valence-electron chi connectivity index (χ0n) is 11.8. The molecule has 1 aromatic rings. The Hall–Kier alpha value is -0.940. The molecule has 1 aromatic heterocycles. The predicted molar refractivity (Wildman–Crippen MR) is 68.2 cm³/mol. The van der Waals surface area contributed by atoms with E-state index < -0.39 is 11.7 Å². The van der Waals surface area contributed by atoms with Gasteiger partial charge in [0.15, 0.2) is 0 Å². The van der Waals surface area contributed by atoms with Gasteiger partial charge in [0.25, 0.3) is 0 Å². The Bertz CT molecular complexity index is 348. The minimum atomic E-state index is -0.465. The van der Waals surface area contributed by atoms with Gasteiger partial charge in [0, 0.05) is 6.61 Å². The molecule has 0 fully saturated rings. The van der Waals surface area contributed by atoms with Crippen molar-refractivity contribution in [2.75, 3.05) is 6.61 Å². The van der Waals surface area contributed by atoms with Crippen molar-refractivity contribution in [3.63, 3.8) is 0 Å². The first-order valence-electron chi connectivity index (χ1n) is 6.76. The molecule has 5 nitrogen and oxygen atoms in total. The van der Waals surface area contributed by atoms with Gasteiger partial charge in [-0.15, -0.1) is 0 Å². The van der Waals surface area contributed by atoms with E-state index in [1.807, 2.05) is 13.8 Å². The summed E-state index contributed by atoms with van der Waals surface area (Å²) in [5, 5.41) is 13.6. The van der Waals surface area contributed by atoms with Crippen LogP contribution in [0, 0.1) is 0 Å². The average Bonchev–Trinajstić information content (AvgIpc) is 2.84. The Morgan fingerprint density at radius 1 is 1.28 bits per heavy atom. The first-order chi connectivity index (χ1) is 8.61. The summed E-state index contributed by atoms with van der Waals surface area (Å²) in [5.41, 5.74) is -0.465. The fourth-order valence-corrected chi connectivity index (χ4v) is 1.98. The van der Waals surface area contributed by atoms with Crippen LogP contribution in [-0.2, 0) is 16.8 Å². The minimum absolute atomic E-state index is 0.402. The van der Waals surface area contributed by atoms with Crippen molar-refractivity contribution in [3.8, 4) is 0 Å². The number of ether oxygens (including phenoxy) is 1. The molecule has 0 amide bonds. The lowest BCUT2D eigenvalue weighted by Gasteiger charge is -2.27. The molecule has 0 aliphatic carbocycles. The van der Waals surface area contributed by atoms with Gasteiger partial charge in [0.2, 0.25) is 11.7 Å². The Labute approximate surface area is 109 Å². The molecule has 0 aliphatic rings. The van der Waals surface area contributed by atoms with E-state index in [-0.39, 0.29) is 0 Å². The van der Waals surface area contributed by atoms with Crippen molar-refractivity contribution in [2.24, 2.45) is 0 Å². The van der Waals surface area contributed by atoms with Gasteiger partial charge in [-0.05, 0) is 26.2 Å². The van der Waals surface area contributed by atoms with Crippen molar-refractivity contribution in [1.82, 2.24) is 10.1 Å². The van der Waals surface area contributed by atoms with Crippen LogP contribution in [-0.4, -0.2) is 28.0 Å². The van der Waals surface area contributed by atoms with E-state index >= 15 is 0 Å². The van der Waals surface area contributed by atoms with Gasteiger partial charge in [-0.25, -0.2) is 0 Å². The van der Waals surface area contributed by atoms with E-state index in [0.717, 1.165) is 12.8 Å². The van der Waals surface area contributed by atoms with Gasteiger partial charge in [-0.2, -0.15) is 4.98 Å². The SMILES string of the molecule is CCOC(CC)(CC)c1noc(CC(O)CC)n1. The molecule has 0 bridgehead atoms. The Balaban J connectivity index is 2.87. The van der Waals surface area contributed by atoms with Crippen molar-refractivity contribution in [3.05, 3.63) is 11.7 Å². The quantitative estimate of drug-likeness (QED) is 0.773. The molecule has 0 aromatic carbocycles. The summed E-state index contributed by atoms with van der Waals surface area (Å²) in [5.74, 6) is 1.07. The van der Waals surface area contributed by atoms with Crippen LogP contribution in [0.5, 0.6) is 0 Å². The molecule has 0 spiro atoms. The first-order valence-corrected chi connectivity index (χ1v) is 6.76. The van der Waals surface area contributed by atoms with Crippen LogP contribution >= 0.6 is 0 Å². The lowest BCUT2D eigenvalue weighted by molar-refractivity contribution is -0.0583. The van der Waals surface area contributed by atoms with Gasteiger partial charge >= 0.3 is 0 Å². The summed E-state index contributed by atoms with van der Waals surface area (Å²) in [6.07, 6.45) is 2.25. The largest absolute Gasteiger partial charge is 0.393 e. The van der Waals surface area contributed by atoms with E-state index in [9.17, 15) is 5.11 Å². The second kappa shape index (κ2) is 6.85. The number of rotatable bonds is 8. The summed E-state index contributed by atoms with van der Waals surface area (Å²) in [6, 6.07) is 0. The van der Waals surface area contributed by atoms with Crippen molar-refractivity contribution < 1.29 is 14.4 Å². The number of nitrogens with zero attached hydrogens (tertiary/aromatic N) is 2. The lowest BCUT2D eigenvalue weighted by atomic mass is 9.96. The first kappa shape index (κ1) is 15.1. The zero-order valence-corrected chi connectivity index (χ0v) is 11.8. The van der Waals surface area contributed by atoms with Crippen molar-refractivity contribution in [2.45, 2.75) is 65.1 Å². The zero-order chi connectivity index (χ0) is 13.6. The molecule has 0 radical (unpaired) electrons. The average molecular weight is 256 g/mol. The molecule has 1 heterocycles. The van der Waals surface area contributed by atoms with Gasteiger partial charge < -0.3 is 14.4 Å². The number of aromatic nitrogens is 2. The highest BCUT2D eigenvalue weighted by Gasteiger charge is 2.34. The van der Waals surface area contributed by atoms with E-state index in [0.29, 0.717) is 31.2 Å². The molecule has 1 atom stereocenters. The molecular weight excluding hydrogens is 232 g/mol. The molecule has 0 saturated carbocycles. The minimum Gasteiger partial charge on any atom is -0.393 e. The van der Waals surface area contributed by atoms with E-state index in [2.05, 4.69) is 24.0 Å². The molecular formula is C13H24N2O3. The fraction of sp³-hybridized carbons (Fsp3) is 0.846. The van der Waals surface area contributed by atoms with Crippen molar-refractivity contribution >= 4 is 0 Å². The molecule has 5 heteroatoms. The number of hydrogen-bond donors (Lipinski definition) is 1. The number of aliphatic hydroxyl groups excluding tert-OH is 1. The maximum absolute atomic E-state index is 9.58. The van der Waals surface area contributed by atoms with E-state index in [1.54, 1.807) is 0 Å². The smallest absolute Gasteiger partial charge is 0.229 e. The van der Waals surface area contributed by atoms with E-state index in [1.165, 1.54) is 0 Å². The van der Waals surface area contributed by atoms with Crippen LogP contribution in [0.15, 0.2) is 4.52 Å². The normalized spacial score (nSPS) is 13.8. The van der Waals surface area contributed by atoms with Crippen molar-refractivity contribution in [1.29, 1.82) is 0 Å². The second-order valence-corrected chi connectivity index (χ2v) is 4.41. The van der Waals surface area contributed by atoms with Crippen LogP contribution < -0.4 is 0 Å². The highest BCUT2D eigenvalue weighted by Crippen LogP contribution is 2.30. The summed E-state index contributed by atoms with van der Waals surface area (Å²) >= 11 is 0. The molecule has 1 rings (SSSR count). The highest BCUT2D eigenvalue weighted by atomic mass is 16.5. The fourth-order valence-electron chi connectivity index (χ4n) is 1.98. The number of hydrogen-bond acceptors (Lipinski definition) is 5. The third kappa shape index (κ3) is 3.29. The Morgan fingerprint density at radius 2 is 1.94 bits per heavy atom. The predicted octanol–water partition coefficient (Wildman–Crippen LogP) is 2.43. The van der Waals surface area contributed by atoms with Gasteiger partial charge in [0.05, 0.1) is 12.5 Å². The molecule has 18 heavy (non-hydrogen) atoms. The lowest BCUT2D eigenvalue weighted by Crippen LogP contribution is -2.29. The molecule has 0 saturated heterocycles. The van der Waals surface area contributed by atoms with E-state index in [4.69, 9.17) is 9.26 Å². The molecule has 1 N–H and O–H groups in total. The maximum atomic E-state index is 9.58. The molecule has 1 unspecified atom stereocenters. The maximum Gasteiger partial charge on any atom is 0.229 e. The third-order valence-electron chi connectivity index (χ3n) is 3.32. The molecule has 0 aliphatic heterocycles. The third-order valence-corrected chi connectivity index (χ3v) is 3.32. The Kier molecular flexibility index (Phi) is 5.75. The number of aliphatic hydroxyl groups is 1. The monoisotopic (exact) mass is 256 g/mol. The topological polar surface area (TPSA) is 68.4 Å². The van der Waals surface area contributed by atoms with Crippen LogP contribution in [0.4, 0.5) is 0 Å². The standard InChI is InChI=1S/C13H24N2O3/c1-5-10(16)9-11-14-12(15-18-11)13(6-2,7-3)17-8-4/h10,16H,5-9H2,1-4H3. The summed E-state index contributed by atoms with van der Waals surface area (Å²) in [4.78, 5) is 4.37. The van der Waals surface area contributed by atoms with Crippen LogP contribution in [0.25, 0.3) is 0 Å². The highest BCUT2D eigenvalue weighted by molar-refractivity contribution is 5.01. The Morgan fingerprint density at radius 3 is 2.44 bits per heavy atom. The van der Waals surface area contributed by atoms with Crippen LogP contribution in [0.1, 0.15) is 58.7 Å². The van der Waals surface area contributed by atoms with Crippen LogP contribution in [0.3, 0.4) is 0 Å².